The molecule has 1 aromatic heterocycles. The van der Waals surface area contributed by atoms with E-state index in [-0.39, 0.29) is 18.4 Å². The predicted octanol–water partition coefficient (Wildman–Crippen LogP) is 1.48. The molecule has 2 amide bonds. The third-order valence-corrected chi connectivity index (χ3v) is 3.82. The highest BCUT2D eigenvalue weighted by Gasteiger charge is 2.08. The second-order valence-electron chi connectivity index (χ2n) is 4.31. The summed E-state index contributed by atoms with van der Waals surface area (Å²) < 4.78 is 1.13. The smallest absolute Gasteiger partial charge is 0.239 e. The van der Waals surface area contributed by atoms with E-state index in [9.17, 15) is 9.59 Å². The van der Waals surface area contributed by atoms with Crippen molar-refractivity contribution in [3.05, 3.63) is 29.3 Å². The van der Waals surface area contributed by atoms with Crippen molar-refractivity contribution in [1.82, 2.24) is 15.6 Å². The fourth-order valence-electron chi connectivity index (χ4n) is 1.77. The van der Waals surface area contributed by atoms with Gasteiger partial charge >= 0.3 is 0 Å². The zero-order chi connectivity index (χ0) is 14.4. The fraction of sp³-hybridized carbons (Fsp3) is 0.357. The molecule has 2 aromatic rings. The Morgan fingerprint density at radius 3 is 2.75 bits per heavy atom. The van der Waals surface area contributed by atoms with E-state index in [4.69, 9.17) is 0 Å². The second-order valence-corrected chi connectivity index (χ2v) is 5.42. The van der Waals surface area contributed by atoms with E-state index in [0.717, 1.165) is 15.2 Å². The lowest BCUT2D eigenvalue weighted by atomic mass is 10.3. The van der Waals surface area contributed by atoms with Crippen molar-refractivity contribution in [2.45, 2.75) is 19.8 Å². The molecule has 0 aliphatic rings. The van der Waals surface area contributed by atoms with Gasteiger partial charge in [-0.3, -0.25) is 9.59 Å². The minimum absolute atomic E-state index is 0.0342. The first-order valence-corrected chi connectivity index (χ1v) is 7.38. The average Bonchev–Trinajstić information content (AvgIpc) is 2.86. The number of nitrogens with zero attached hydrogens (tertiary/aromatic N) is 1. The molecule has 0 fully saturated rings. The standard InChI is InChI=1S/C14H17N3O2S/c1-2-15-13(19)9-16-12(18)7-8-14-17-10-5-3-4-6-11(10)20-14/h3-6H,2,7-9H2,1H3,(H,15,19)(H,16,18). The lowest BCUT2D eigenvalue weighted by Crippen LogP contribution is -2.36. The van der Waals surface area contributed by atoms with Gasteiger partial charge in [-0.2, -0.15) is 0 Å². The van der Waals surface area contributed by atoms with Crippen LogP contribution in [-0.4, -0.2) is 29.9 Å². The molecule has 0 aliphatic carbocycles. The molecule has 0 bridgehead atoms. The van der Waals surface area contributed by atoms with Crippen LogP contribution in [0.25, 0.3) is 10.2 Å². The van der Waals surface area contributed by atoms with Crippen LogP contribution < -0.4 is 10.6 Å². The minimum Gasteiger partial charge on any atom is -0.355 e. The lowest BCUT2D eigenvalue weighted by molar-refractivity contribution is -0.126. The number of fused-ring (bicyclic) bond motifs is 1. The molecule has 0 saturated heterocycles. The van der Waals surface area contributed by atoms with Crippen LogP contribution in [-0.2, 0) is 16.0 Å². The molecule has 0 aliphatic heterocycles. The third-order valence-electron chi connectivity index (χ3n) is 2.72. The van der Waals surface area contributed by atoms with E-state index >= 15 is 0 Å². The first-order valence-electron chi connectivity index (χ1n) is 6.57. The summed E-state index contributed by atoms with van der Waals surface area (Å²) in [6.07, 6.45) is 0.944. The maximum absolute atomic E-state index is 11.6. The van der Waals surface area contributed by atoms with E-state index in [2.05, 4.69) is 15.6 Å². The summed E-state index contributed by atoms with van der Waals surface area (Å²) in [5.74, 6) is -0.295. The Kier molecular flexibility index (Phi) is 5.06. The number of amides is 2. The first-order chi connectivity index (χ1) is 9.69. The molecule has 0 unspecified atom stereocenters. The van der Waals surface area contributed by atoms with Crippen molar-refractivity contribution >= 4 is 33.4 Å². The van der Waals surface area contributed by atoms with Gasteiger partial charge in [0, 0.05) is 19.4 Å². The number of nitrogens with one attached hydrogen (secondary N) is 2. The van der Waals surface area contributed by atoms with Crippen LogP contribution >= 0.6 is 11.3 Å². The molecule has 2 N–H and O–H groups in total. The largest absolute Gasteiger partial charge is 0.355 e. The van der Waals surface area contributed by atoms with E-state index in [1.165, 1.54) is 0 Å². The summed E-state index contributed by atoms with van der Waals surface area (Å²) in [6, 6.07) is 7.91. The molecule has 1 heterocycles. The summed E-state index contributed by atoms with van der Waals surface area (Å²) in [7, 11) is 0. The van der Waals surface area contributed by atoms with Gasteiger partial charge in [0.05, 0.1) is 21.8 Å². The molecule has 2 rings (SSSR count). The first kappa shape index (κ1) is 14.5. The number of hydrogen-bond acceptors (Lipinski definition) is 4. The van der Waals surface area contributed by atoms with Gasteiger partial charge in [0.2, 0.25) is 11.8 Å². The molecule has 0 atom stereocenters. The number of rotatable bonds is 6. The zero-order valence-electron chi connectivity index (χ0n) is 11.3. The van der Waals surface area contributed by atoms with E-state index in [0.29, 0.717) is 19.4 Å². The molecule has 5 nitrogen and oxygen atoms in total. The fourth-order valence-corrected chi connectivity index (χ4v) is 2.74. The molecule has 20 heavy (non-hydrogen) atoms. The number of thiazole rings is 1. The number of benzene rings is 1. The Hall–Kier alpha value is -1.95. The van der Waals surface area contributed by atoms with Crippen LogP contribution in [0.2, 0.25) is 0 Å². The van der Waals surface area contributed by atoms with Gasteiger partial charge < -0.3 is 10.6 Å². The summed E-state index contributed by atoms with van der Waals surface area (Å²) in [4.78, 5) is 27.3. The minimum atomic E-state index is -0.166. The number of carbonyl (C=O) groups excluding carboxylic acids is 2. The predicted molar refractivity (Wildman–Crippen MR) is 79.6 cm³/mol. The SMILES string of the molecule is CCNC(=O)CNC(=O)CCc1nc2ccccc2s1. The van der Waals surface area contributed by atoms with E-state index in [1.807, 2.05) is 31.2 Å². The summed E-state index contributed by atoms with van der Waals surface area (Å²) in [6.45, 7) is 2.44. The van der Waals surface area contributed by atoms with Gasteiger partial charge in [-0.1, -0.05) is 12.1 Å². The van der Waals surface area contributed by atoms with Gasteiger partial charge in [-0.15, -0.1) is 11.3 Å². The van der Waals surface area contributed by atoms with Gasteiger partial charge in [0.25, 0.3) is 0 Å². The Labute approximate surface area is 121 Å². The molecule has 0 saturated carbocycles. The van der Waals surface area contributed by atoms with Gasteiger partial charge in [0.1, 0.15) is 0 Å². The number of carbonyl (C=O) groups is 2. The number of hydrogen-bond donors (Lipinski definition) is 2. The summed E-state index contributed by atoms with van der Waals surface area (Å²) >= 11 is 1.60. The maximum atomic E-state index is 11.6. The van der Waals surface area contributed by atoms with E-state index in [1.54, 1.807) is 11.3 Å². The zero-order valence-corrected chi connectivity index (χ0v) is 12.1. The molecule has 1 aromatic carbocycles. The highest BCUT2D eigenvalue weighted by molar-refractivity contribution is 7.18. The quantitative estimate of drug-likeness (QED) is 0.847. The van der Waals surface area contributed by atoms with Crippen LogP contribution in [0.15, 0.2) is 24.3 Å². The normalized spacial score (nSPS) is 10.4. The molecular formula is C14H17N3O2S. The Morgan fingerprint density at radius 2 is 2.00 bits per heavy atom. The van der Waals surface area contributed by atoms with Crippen LogP contribution in [0.1, 0.15) is 18.4 Å². The van der Waals surface area contributed by atoms with Crippen molar-refractivity contribution in [2.75, 3.05) is 13.1 Å². The summed E-state index contributed by atoms with van der Waals surface area (Å²) in [5.41, 5.74) is 0.968. The monoisotopic (exact) mass is 291 g/mol. The Balaban J connectivity index is 1.79. The third kappa shape index (κ3) is 4.03. The summed E-state index contributed by atoms with van der Waals surface area (Å²) in [5, 5.41) is 6.17. The number of aryl methyl sites for hydroxylation is 1. The van der Waals surface area contributed by atoms with Gasteiger partial charge in [-0.25, -0.2) is 4.98 Å². The van der Waals surface area contributed by atoms with E-state index < -0.39 is 0 Å². The van der Waals surface area contributed by atoms with Crippen molar-refractivity contribution < 1.29 is 9.59 Å². The van der Waals surface area contributed by atoms with Crippen LogP contribution in [0.4, 0.5) is 0 Å². The molecule has 106 valence electrons. The molecule has 6 heteroatoms. The average molecular weight is 291 g/mol. The highest BCUT2D eigenvalue weighted by Crippen LogP contribution is 2.22. The van der Waals surface area contributed by atoms with Gasteiger partial charge in [0.15, 0.2) is 0 Å². The van der Waals surface area contributed by atoms with Crippen LogP contribution in [0.3, 0.4) is 0 Å². The number of aromatic nitrogens is 1. The van der Waals surface area contributed by atoms with Crippen molar-refractivity contribution in [3.63, 3.8) is 0 Å². The molecule has 0 spiro atoms. The number of para-hydroxylation sites is 1. The Bertz CT molecular complexity index is 576. The van der Waals surface area contributed by atoms with Gasteiger partial charge in [-0.05, 0) is 19.1 Å². The lowest BCUT2D eigenvalue weighted by Gasteiger charge is -2.04. The maximum Gasteiger partial charge on any atom is 0.239 e. The van der Waals surface area contributed by atoms with Crippen LogP contribution in [0, 0.1) is 0 Å². The number of likely N-dealkylation sites (N-methyl/N-ethyl adjacent to an activating group) is 1. The second kappa shape index (κ2) is 7.00. The topological polar surface area (TPSA) is 71.1 Å². The molecular weight excluding hydrogens is 274 g/mol. The highest BCUT2D eigenvalue weighted by atomic mass is 32.1. The van der Waals surface area contributed by atoms with Crippen molar-refractivity contribution in [2.24, 2.45) is 0 Å². The molecule has 0 radical (unpaired) electrons. The van der Waals surface area contributed by atoms with Crippen molar-refractivity contribution in [1.29, 1.82) is 0 Å². The van der Waals surface area contributed by atoms with Crippen LogP contribution in [0.5, 0.6) is 0 Å². The van der Waals surface area contributed by atoms with Crippen molar-refractivity contribution in [3.8, 4) is 0 Å². The Morgan fingerprint density at radius 1 is 1.20 bits per heavy atom.